The van der Waals surface area contributed by atoms with Gasteiger partial charge in [0, 0.05) is 0 Å². The lowest BCUT2D eigenvalue weighted by Gasteiger charge is -2.37. The van der Waals surface area contributed by atoms with Gasteiger partial charge in [0.1, 0.15) is 0 Å². The van der Waals surface area contributed by atoms with Crippen LogP contribution in [0.3, 0.4) is 0 Å². The van der Waals surface area contributed by atoms with Crippen molar-refractivity contribution in [3.05, 3.63) is 72.3 Å². The van der Waals surface area contributed by atoms with Crippen LogP contribution in [-0.4, -0.2) is 17.8 Å². The third-order valence-corrected chi connectivity index (χ3v) is 7.18. The maximum Gasteiger partial charge on any atom is 0.315 e. The van der Waals surface area contributed by atoms with Crippen molar-refractivity contribution in [3.8, 4) is 5.75 Å². The van der Waals surface area contributed by atoms with Gasteiger partial charge in [-0.05, 0) is 47.8 Å². The Bertz CT molecular complexity index is 1060. The quantitative estimate of drug-likeness (QED) is 0.342. The van der Waals surface area contributed by atoms with E-state index in [1.165, 1.54) is 4.90 Å². The number of rotatable bonds is 4. The Hall–Kier alpha value is -3.21. The minimum atomic E-state index is -0.423. The second-order valence-electron chi connectivity index (χ2n) is 8.77. The third-order valence-electron chi connectivity index (χ3n) is 7.18. The summed E-state index contributed by atoms with van der Waals surface area (Å²) in [5, 5.41) is 0. The molecule has 2 amide bonds. The summed E-state index contributed by atoms with van der Waals surface area (Å²) in [6, 6.07) is 16.2. The van der Waals surface area contributed by atoms with Crippen LogP contribution in [0.2, 0.25) is 0 Å². The van der Waals surface area contributed by atoms with Crippen LogP contribution in [-0.2, 0) is 20.8 Å². The first-order chi connectivity index (χ1) is 14.6. The topological polar surface area (TPSA) is 63.7 Å². The number of amides is 2. The molecule has 5 heteroatoms. The van der Waals surface area contributed by atoms with Crippen LogP contribution in [0, 0.1) is 35.5 Å². The van der Waals surface area contributed by atoms with E-state index < -0.39 is 5.97 Å². The number of anilines is 1. The molecule has 7 rings (SSSR count). The van der Waals surface area contributed by atoms with E-state index in [0.29, 0.717) is 17.5 Å². The molecule has 1 heterocycles. The molecule has 0 N–H and O–H groups in total. The van der Waals surface area contributed by atoms with Crippen LogP contribution in [0.1, 0.15) is 12.0 Å². The van der Waals surface area contributed by atoms with E-state index in [1.54, 1.807) is 24.3 Å². The number of ether oxygens (including phenoxy) is 1. The van der Waals surface area contributed by atoms with Crippen molar-refractivity contribution in [1.82, 2.24) is 0 Å². The SMILES string of the molecule is O=C(Cc1ccccc1)Oc1ccccc1N1C(=O)[C@@H]2[C@H]3C=C[C@H]([C@H]4C[C@@H]34)[C@@H]2C1=O. The predicted molar refractivity (Wildman–Crippen MR) is 109 cm³/mol. The van der Waals surface area contributed by atoms with Crippen LogP contribution in [0.25, 0.3) is 0 Å². The van der Waals surface area contributed by atoms with E-state index in [0.717, 1.165) is 12.0 Å². The molecule has 0 unspecified atom stereocenters. The molecule has 2 bridgehead atoms. The number of allylic oxidation sites excluding steroid dienone is 2. The van der Waals surface area contributed by atoms with Gasteiger partial charge in [-0.15, -0.1) is 0 Å². The molecule has 0 radical (unpaired) electrons. The number of hydrogen-bond acceptors (Lipinski definition) is 4. The minimum absolute atomic E-state index is 0.125. The average Bonchev–Trinajstić information content (AvgIpc) is 3.53. The minimum Gasteiger partial charge on any atom is -0.424 e. The number of carbonyl (C=O) groups excluding carboxylic acids is 3. The first kappa shape index (κ1) is 17.6. The van der Waals surface area contributed by atoms with Crippen molar-refractivity contribution in [3.63, 3.8) is 0 Å². The summed E-state index contributed by atoms with van der Waals surface area (Å²) in [7, 11) is 0. The number of hydrogen-bond donors (Lipinski definition) is 0. The standard InChI is InChI=1S/C25H21NO4/c27-21(12-14-6-2-1-3-7-14)30-20-9-5-4-8-19(20)26-24(28)22-15-10-11-16(18-13-17(15)18)23(22)25(26)29/h1-11,15-18,22-23H,12-13H2/t15-,16+,17-,18+,22+,23-. The van der Waals surface area contributed by atoms with Gasteiger partial charge in [-0.3, -0.25) is 14.4 Å². The van der Waals surface area contributed by atoms with Crippen LogP contribution in [0.5, 0.6) is 5.75 Å². The van der Waals surface area contributed by atoms with Crippen LogP contribution >= 0.6 is 0 Å². The van der Waals surface area contributed by atoms with Crippen molar-refractivity contribution in [2.45, 2.75) is 12.8 Å². The molecule has 3 fully saturated rings. The highest BCUT2D eigenvalue weighted by Gasteiger charge is 2.67. The van der Waals surface area contributed by atoms with Crippen molar-refractivity contribution in [1.29, 1.82) is 0 Å². The molecule has 5 aliphatic rings. The Balaban J connectivity index is 1.29. The Kier molecular flexibility index (Phi) is 3.76. The summed E-state index contributed by atoms with van der Waals surface area (Å²) in [5.74, 6) is 0.417. The van der Waals surface area contributed by atoms with Crippen molar-refractivity contribution in [2.75, 3.05) is 4.90 Å². The fourth-order valence-electron chi connectivity index (χ4n) is 5.84. The van der Waals surface area contributed by atoms with Gasteiger partial charge < -0.3 is 4.74 Å². The molecule has 150 valence electrons. The third kappa shape index (κ3) is 2.51. The summed E-state index contributed by atoms with van der Waals surface area (Å²) in [6.45, 7) is 0. The van der Waals surface area contributed by atoms with Gasteiger partial charge in [0.05, 0.1) is 23.9 Å². The smallest absolute Gasteiger partial charge is 0.315 e. The highest BCUT2D eigenvalue weighted by molar-refractivity contribution is 6.23. The zero-order valence-electron chi connectivity index (χ0n) is 16.3. The Labute approximate surface area is 174 Å². The molecule has 6 atom stereocenters. The second kappa shape index (κ2) is 6.39. The zero-order chi connectivity index (χ0) is 20.4. The Morgan fingerprint density at radius 1 is 0.867 bits per heavy atom. The van der Waals surface area contributed by atoms with Gasteiger partial charge in [0.2, 0.25) is 11.8 Å². The fourth-order valence-corrected chi connectivity index (χ4v) is 5.84. The highest BCUT2D eigenvalue weighted by Crippen LogP contribution is 2.65. The predicted octanol–water partition coefficient (Wildman–Crippen LogP) is 3.39. The average molecular weight is 399 g/mol. The maximum absolute atomic E-state index is 13.4. The molecule has 4 aliphatic carbocycles. The van der Waals surface area contributed by atoms with Crippen molar-refractivity contribution < 1.29 is 19.1 Å². The molecular weight excluding hydrogens is 378 g/mol. The number of benzene rings is 2. The lowest BCUT2D eigenvalue weighted by molar-refractivity contribution is -0.134. The number of imide groups is 1. The van der Waals surface area contributed by atoms with E-state index in [9.17, 15) is 14.4 Å². The summed E-state index contributed by atoms with van der Waals surface area (Å²) >= 11 is 0. The molecule has 0 spiro atoms. The molecule has 2 saturated carbocycles. The Morgan fingerprint density at radius 3 is 2.13 bits per heavy atom. The molecule has 30 heavy (non-hydrogen) atoms. The van der Waals surface area contributed by atoms with E-state index in [1.807, 2.05) is 30.3 Å². The van der Waals surface area contributed by atoms with E-state index in [4.69, 9.17) is 4.74 Å². The summed E-state index contributed by atoms with van der Waals surface area (Å²) in [5.41, 5.74) is 1.22. The van der Waals surface area contributed by atoms with E-state index in [-0.39, 0.29) is 47.7 Å². The zero-order valence-corrected chi connectivity index (χ0v) is 16.3. The van der Waals surface area contributed by atoms with Crippen molar-refractivity contribution in [2.24, 2.45) is 35.5 Å². The van der Waals surface area contributed by atoms with Gasteiger partial charge in [-0.1, -0.05) is 54.6 Å². The van der Waals surface area contributed by atoms with Crippen molar-refractivity contribution >= 4 is 23.5 Å². The van der Waals surface area contributed by atoms with Gasteiger partial charge in [0.15, 0.2) is 5.75 Å². The number of para-hydroxylation sites is 2. The molecule has 1 aliphatic heterocycles. The monoisotopic (exact) mass is 399 g/mol. The number of carbonyl (C=O) groups is 3. The fraction of sp³-hybridized carbons (Fsp3) is 0.320. The lowest BCUT2D eigenvalue weighted by Crippen LogP contribution is -2.40. The van der Waals surface area contributed by atoms with E-state index in [2.05, 4.69) is 12.2 Å². The molecule has 0 aromatic heterocycles. The first-order valence-electron chi connectivity index (χ1n) is 10.5. The molecule has 2 aromatic rings. The van der Waals surface area contributed by atoms with Crippen LogP contribution in [0.4, 0.5) is 5.69 Å². The molecule has 2 aromatic carbocycles. The lowest BCUT2D eigenvalue weighted by atomic mass is 9.63. The molecule has 5 nitrogen and oxygen atoms in total. The Morgan fingerprint density at radius 2 is 1.47 bits per heavy atom. The summed E-state index contributed by atoms with van der Waals surface area (Å²) in [6.07, 6.45) is 5.56. The van der Waals surface area contributed by atoms with Gasteiger partial charge in [0.25, 0.3) is 0 Å². The van der Waals surface area contributed by atoms with Crippen LogP contribution < -0.4 is 9.64 Å². The first-order valence-corrected chi connectivity index (χ1v) is 10.5. The summed E-state index contributed by atoms with van der Waals surface area (Å²) < 4.78 is 5.61. The van der Waals surface area contributed by atoms with Crippen LogP contribution in [0.15, 0.2) is 66.7 Å². The maximum atomic E-state index is 13.4. The van der Waals surface area contributed by atoms with Gasteiger partial charge in [-0.25, -0.2) is 4.90 Å². The van der Waals surface area contributed by atoms with Gasteiger partial charge in [-0.2, -0.15) is 0 Å². The molecule has 1 saturated heterocycles. The highest BCUT2D eigenvalue weighted by atomic mass is 16.5. The number of esters is 1. The second-order valence-corrected chi connectivity index (χ2v) is 8.77. The molecular formula is C25H21NO4. The normalized spacial score (nSPS) is 32.7. The van der Waals surface area contributed by atoms with E-state index >= 15 is 0 Å². The largest absolute Gasteiger partial charge is 0.424 e. The summed E-state index contributed by atoms with van der Waals surface area (Å²) in [4.78, 5) is 40.5. The number of nitrogens with zero attached hydrogens (tertiary/aromatic N) is 1. The van der Waals surface area contributed by atoms with Gasteiger partial charge >= 0.3 is 5.97 Å².